The maximum absolute atomic E-state index is 13.3. The number of benzene rings is 2. The molecule has 1 saturated heterocycles. The summed E-state index contributed by atoms with van der Waals surface area (Å²) in [6, 6.07) is 12.3. The molecule has 0 radical (unpaired) electrons. The summed E-state index contributed by atoms with van der Waals surface area (Å²) in [5, 5.41) is 2.74. The third kappa shape index (κ3) is 6.42. The lowest BCUT2D eigenvalue weighted by molar-refractivity contribution is -0.118. The predicted molar refractivity (Wildman–Crippen MR) is 134 cm³/mol. The second-order valence-electron chi connectivity index (χ2n) is 8.07. The second-order valence-corrected chi connectivity index (χ2v) is 9.97. The molecule has 0 aromatic heterocycles. The molecule has 0 aliphatic carbocycles. The van der Waals surface area contributed by atoms with Crippen LogP contribution in [-0.2, 0) is 14.8 Å². The van der Waals surface area contributed by atoms with Crippen LogP contribution in [0.15, 0.2) is 47.4 Å². The third-order valence-corrected chi connectivity index (χ3v) is 7.70. The molecule has 1 fully saturated rings. The monoisotopic (exact) mass is 489 g/mol. The van der Waals surface area contributed by atoms with Gasteiger partial charge in [0.15, 0.2) is 6.61 Å². The molecule has 0 atom stereocenters. The van der Waals surface area contributed by atoms with Gasteiger partial charge in [-0.05, 0) is 63.9 Å². The number of hydrogen-bond acceptors (Lipinski definition) is 6. The SMILES string of the molecule is CCOc1ccc(NC(=O)COc2cccc(N(CC)CC)c2)cc1S(=O)(=O)N1CCCCC1. The number of hydrogen-bond donors (Lipinski definition) is 1. The maximum Gasteiger partial charge on any atom is 0.262 e. The van der Waals surface area contributed by atoms with Crippen molar-refractivity contribution >= 4 is 27.3 Å². The van der Waals surface area contributed by atoms with Crippen LogP contribution in [0.1, 0.15) is 40.0 Å². The van der Waals surface area contributed by atoms with E-state index in [1.807, 2.05) is 18.2 Å². The van der Waals surface area contributed by atoms with Crippen LogP contribution in [0.5, 0.6) is 11.5 Å². The largest absolute Gasteiger partial charge is 0.492 e. The molecule has 2 aromatic carbocycles. The molecule has 2 aromatic rings. The third-order valence-electron chi connectivity index (χ3n) is 5.78. The van der Waals surface area contributed by atoms with Crippen LogP contribution in [0.4, 0.5) is 11.4 Å². The Kier molecular flexibility index (Phi) is 9.18. The molecular weight excluding hydrogens is 454 g/mol. The summed E-state index contributed by atoms with van der Waals surface area (Å²) in [5.74, 6) is 0.508. The summed E-state index contributed by atoms with van der Waals surface area (Å²) in [6.07, 6.45) is 2.71. The van der Waals surface area contributed by atoms with Crippen molar-refractivity contribution < 1.29 is 22.7 Å². The van der Waals surface area contributed by atoms with Crippen LogP contribution < -0.4 is 19.7 Å². The fourth-order valence-corrected chi connectivity index (χ4v) is 5.69. The van der Waals surface area contributed by atoms with Gasteiger partial charge in [0.1, 0.15) is 16.4 Å². The average Bonchev–Trinajstić information content (AvgIpc) is 2.85. The van der Waals surface area contributed by atoms with Crippen molar-refractivity contribution in [1.82, 2.24) is 4.31 Å². The first-order chi connectivity index (χ1) is 16.4. The van der Waals surface area contributed by atoms with Gasteiger partial charge in [0.25, 0.3) is 5.91 Å². The van der Waals surface area contributed by atoms with Gasteiger partial charge in [-0.1, -0.05) is 12.5 Å². The highest BCUT2D eigenvalue weighted by Gasteiger charge is 2.29. The maximum atomic E-state index is 13.3. The van der Waals surface area contributed by atoms with E-state index in [0.717, 1.165) is 38.0 Å². The number of ether oxygens (including phenoxy) is 2. The Hall–Kier alpha value is -2.78. The van der Waals surface area contributed by atoms with Crippen LogP contribution in [-0.4, -0.2) is 58.0 Å². The Morgan fingerprint density at radius 3 is 2.41 bits per heavy atom. The Bertz CT molecular complexity index is 1060. The molecular formula is C25H35N3O5S. The van der Waals surface area contributed by atoms with Gasteiger partial charge in [-0.2, -0.15) is 4.31 Å². The van der Waals surface area contributed by atoms with Crippen molar-refractivity contribution in [3.8, 4) is 11.5 Å². The molecule has 186 valence electrons. The first-order valence-corrected chi connectivity index (χ1v) is 13.4. The average molecular weight is 490 g/mol. The summed E-state index contributed by atoms with van der Waals surface area (Å²) >= 11 is 0. The van der Waals surface area contributed by atoms with E-state index in [1.54, 1.807) is 25.1 Å². The molecule has 0 unspecified atom stereocenters. The van der Waals surface area contributed by atoms with Crippen molar-refractivity contribution in [1.29, 1.82) is 0 Å². The van der Waals surface area contributed by atoms with Crippen LogP contribution in [0.25, 0.3) is 0 Å². The summed E-state index contributed by atoms with van der Waals surface area (Å²) in [7, 11) is -3.73. The quantitative estimate of drug-likeness (QED) is 0.511. The molecule has 34 heavy (non-hydrogen) atoms. The van der Waals surface area contributed by atoms with Crippen molar-refractivity contribution in [2.24, 2.45) is 0 Å². The van der Waals surface area contributed by atoms with Crippen molar-refractivity contribution in [3.05, 3.63) is 42.5 Å². The molecule has 0 spiro atoms. The van der Waals surface area contributed by atoms with E-state index in [2.05, 4.69) is 24.1 Å². The molecule has 1 amide bonds. The minimum absolute atomic E-state index is 0.0712. The molecule has 1 aliphatic heterocycles. The number of amides is 1. The Balaban J connectivity index is 1.71. The lowest BCUT2D eigenvalue weighted by Crippen LogP contribution is -2.35. The van der Waals surface area contributed by atoms with Gasteiger partial charge in [-0.25, -0.2) is 8.42 Å². The Morgan fingerprint density at radius 1 is 1.00 bits per heavy atom. The van der Waals surface area contributed by atoms with E-state index >= 15 is 0 Å². The van der Waals surface area contributed by atoms with Crippen LogP contribution >= 0.6 is 0 Å². The number of sulfonamides is 1. The van der Waals surface area contributed by atoms with E-state index in [4.69, 9.17) is 9.47 Å². The Morgan fingerprint density at radius 2 is 1.74 bits per heavy atom. The number of nitrogens with zero attached hydrogens (tertiary/aromatic N) is 2. The van der Waals surface area contributed by atoms with Crippen molar-refractivity contribution in [3.63, 3.8) is 0 Å². The fraction of sp³-hybridized carbons (Fsp3) is 0.480. The number of carbonyl (C=O) groups excluding carboxylic acids is 1. The van der Waals surface area contributed by atoms with Gasteiger partial charge in [-0.15, -0.1) is 0 Å². The minimum atomic E-state index is -3.73. The van der Waals surface area contributed by atoms with Gasteiger partial charge < -0.3 is 19.7 Å². The summed E-state index contributed by atoms with van der Waals surface area (Å²) in [5.41, 5.74) is 1.41. The number of carbonyl (C=O) groups is 1. The smallest absolute Gasteiger partial charge is 0.262 e. The molecule has 8 nitrogen and oxygen atoms in total. The highest BCUT2D eigenvalue weighted by molar-refractivity contribution is 7.89. The molecule has 1 aliphatic rings. The van der Waals surface area contributed by atoms with E-state index in [1.165, 1.54) is 10.4 Å². The van der Waals surface area contributed by atoms with Crippen LogP contribution in [0.3, 0.4) is 0 Å². The van der Waals surface area contributed by atoms with Gasteiger partial charge in [-0.3, -0.25) is 4.79 Å². The summed E-state index contributed by atoms with van der Waals surface area (Å²) in [6.45, 7) is 8.86. The van der Waals surface area contributed by atoms with Gasteiger partial charge in [0.2, 0.25) is 10.0 Å². The molecule has 0 bridgehead atoms. The zero-order chi connectivity index (χ0) is 24.6. The van der Waals surface area contributed by atoms with E-state index in [9.17, 15) is 13.2 Å². The molecule has 3 rings (SSSR count). The highest BCUT2D eigenvalue weighted by Crippen LogP contribution is 2.31. The molecule has 0 saturated carbocycles. The number of rotatable bonds is 11. The number of nitrogens with one attached hydrogen (secondary N) is 1. The number of piperidine rings is 1. The zero-order valence-electron chi connectivity index (χ0n) is 20.2. The zero-order valence-corrected chi connectivity index (χ0v) is 21.1. The van der Waals surface area contributed by atoms with Crippen molar-refractivity contribution in [2.45, 2.75) is 44.9 Å². The standard InChI is InChI=1S/C25H35N3O5S/c1-4-27(5-2)21-11-10-12-22(18-21)33-19-25(29)26-20-13-14-23(32-6-3)24(17-20)34(30,31)28-15-8-7-9-16-28/h10-14,17-18H,4-9,15-16,19H2,1-3H3,(H,26,29). The summed E-state index contributed by atoms with van der Waals surface area (Å²) in [4.78, 5) is 14.8. The van der Waals surface area contributed by atoms with Crippen molar-refractivity contribution in [2.75, 3.05) is 49.6 Å². The topological polar surface area (TPSA) is 88.2 Å². The van der Waals surface area contributed by atoms with Gasteiger partial charge in [0.05, 0.1) is 6.61 Å². The normalized spacial score (nSPS) is 14.4. The minimum Gasteiger partial charge on any atom is -0.492 e. The Labute approximate surface area is 202 Å². The molecule has 1 heterocycles. The number of anilines is 2. The predicted octanol–water partition coefficient (Wildman–Crippen LogP) is 4.12. The van der Waals surface area contributed by atoms with E-state index in [0.29, 0.717) is 31.1 Å². The van der Waals surface area contributed by atoms with Crippen LogP contribution in [0, 0.1) is 0 Å². The summed E-state index contributed by atoms with van der Waals surface area (Å²) < 4.78 is 39.3. The molecule has 1 N–H and O–H groups in total. The second kappa shape index (κ2) is 12.1. The molecule has 9 heteroatoms. The first kappa shape index (κ1) is 25.8. The van der Waals surface area contributed by atoms with Gasteiger partial charge in [0, 0.05) is 43.6 Å². The van der Waals surface area contributed by atoms with E-state index in [-0.39, 0.29) is 23.2 Å². The highest BCUT2D eigenvalue weighted by atomic mass is 32.2. The lowest BCUT2D eigenvalue weighted by Gasteiger charge is -2.27. The fourth-order valence-electron chi connectivity index (χ4n) is 4.01. The van der Waals surface area contributed by atoms with Crippen LogP contribution in [0.2, 0.25) is 0 Å². The van der Waals surface area contributed by atoms with Gasteiger partial charge >= 0.3 is 0 Å². The first-order valence-electron chi connectivity index (χ1n) is 11.9. The lowest BCUT2D eigenvalue weighted by atomic mass is 10.2. The van der Waals surface area contributed by atoms with E-state index < -0.39 is 10.0 Å².